The van der Waals surface area contributed by atoms with Crippen molar-refractivity contribution in [1.82, 2.24) is 15.1 Å². The first kappa shape index (κ1) is 12.6. The number of aromatic nitrogens is 2. The van der Waals surface area contributed by atoms with Crippen LogP contribution in [0.4, 0.5) is 0 Å². The molecule has 1 spiro atoms. The van der Waals surface area contributed by atoms with Crippen LogP contribution >= 0.6 is 0 Å². The van der Waals surface area contributed by atoms with Crippen LogP contribution in [0.2, 0.25) is 0 Å². The molecule has 0 bridgehead atoms. The summed E-state index contributed by atoms with van der Waals surface area (Å²) in [6.07, 6.45) is 1.57. The quantitative estimate of drug-likeness (QED) is 0.818. The van der Waals surface area contributed by atoms with Crippen LogP contribution in [0.1, 0.15) is 50.2 Å². The zero-order chi connectivity index (χ0) is 13.8. The molecule has 1 atom stereocenters. The molecule has 0 aromatic carbocycles. The third-order valence-corrected chi connectivity index (χ3v) is 4.03. The molecule has 2 aliphatic rings. The molecule has 6 nitrogen and oxygen atoms in total. The van der Waals surface area contributed by atoms with Gasteiger partial charge in [0.15, 0.2) is 0 Å². The van der Waals surface area contributed by atoms with Crippen molar-refractivity contribution in [3.8, 4) is 0 Å². The monoisotopic (exact) mass is 265 g/mol. The van der Waals surface area contributed by atoms with Crippen molar-refractivity contribution in [2.45, 2.75) is 45.1 Å². The molecular formula is C13H19N3O3. The van der Waals surface area contributed by atoms with Crippen LogP contribution < -0.4 is 0 Å². The van der Waals surface area contributed by atoms with E-state index in [2.05, 4.69) is 10.2 Å². The van der Waals surface area contributed by atoms with E-state index in [4.69, 9.17) is 4.42 Å². The minimum absolute atomic E-state index is 0.0230. The van der Waals surface area contributed by atoms with Gasteiger partial charge in [-0.15, -0.1) is 10.2 Å². The number of nitrogens with zero attached hydrogens (tertiary/aromatic N) is 3. The van der Waals surface area contributed by atoms with Crippen molar-refractivity contribution in [1.29, 1.82) is 0 Å². The van der Waals surface area contributed by atoms with E-state index in [1.54, 1.807) is 4.90 Å². The third kappa shape index (κ3) is 2.04. The standard InChI is InChI=1S/C13H19N3O3/c1-12(2,3)11-15-14-9(19-11)10(18)16-6-8(17)13(7-16)4-5-13/h8,17H,4-7H2,1-3H3. The van der Waals surface area contributed by atoms with Crippen LogP contribution in [0.3, 0.4) is 0 Å². The van der Waals surface area contributed by atoms with E-state index in [0.29, 0.717) is 19.0 Å². The number of hydrogen-bond donors (Lipinski definition) is 1. The summed E-state index contributed by atoms with van der Waals surface area (Å²) in [5.41, 5.74) is -0.323. The Bertz CT molecular complexity index is 513. The molecule has 6 heteroatoms. The maximum absolute atomic E-state index is 12.3. The molecule has 2 heterocycles. The lowest BCUT2D eigenvalue weighted by Crippen LogP contribution is -2.30. The molecule has 19 heavy (non-hydrogen) atoms. The summed E-state index contributed by atoms with van der Waals surface area (Å²) in [6.45, 7) is 6.82. The molecular weight excluding hydrogens is 246 g/mol. The summed E-state index contributed by atoms with van der Waals surface area (Å²) in [7, 11) is 0. The fourth-order valence-corrected chi connectivity index (χ4v) is 2.51. The van der Waals surface area contributed by atoms with Gasteiger partial charge in [0.25, 0.3) is 0 Å². The van der Waals surface area contributed by atoms with Gasteiger partial charge in [0.05, 0.1) is 6.10 Å². The first-order chi connectivity index (χ1) is 8.82. The summed E-state index contributed by atoms with van der Waals surface area (Å²) in [5.74, 6) is 0.206. The Labute approximate surface area is 111 Å². The minimum atomic E-state index is -0.415. The predicted molar refractivity (Wildman–Crippen MR) is 66.6 cm³/mol. The van der Waals surface area contributed by atoms with Crippen molar-refractivity contribution < 1.29 is 14.3 Å². The van der Waals surface area contributed by atoms with Gasteiger partial charge in [0.2, 0.25) is 5.89 Å². The lowest BCUT2D eigenvalue weighted by Gasteiger charge is -2.13. The number of amides is 1. The molecule has 1 saturated heterocycles. The van der Waals surface area contributed by atoms with Gasteiger partial charge < -0.3 is 14.4 Å². The minimum Gasteiger partial charge on any atom is -0.416 e. The summed E-state index contributed by atoms with van der Waals surface area (Å²) in [5, 5.41) is 17.7. The van der Waals surface area contributed by atoms with E-state index in [-0.39, 0.29) is 22.6 Å². The predicted octanol–water partition coefficient (Wildman–Crippen LogP) is 0.964. The SMILES string of the molecule is CC(C)(C)c1nnc(C(=O)N2CC(O)C3(CC3)C2)o1. The second kappa shape index (κ2) is 3.79. The molecule has 1 aromatic rings. The Morgan fingerprint density at radius 1 is 1.42 bits per heavy atom. The average molecular weight is 265 g/mol. The second-order valence-electron chi connectivity index (χ2n) is 6.73. The highest BCUT2D eigenvalue weighted by molar-refractivity contribution is 5.89. The molecule has 3 rings (SSSR count). The molecule has 1 amide bonds. The van der Waals surface area contributed by atoms with Crippen LogP contribution in [0.5, 0.6) is 0 Å². The Balaban J connectivity index is 1.76. The molecule has 1 saturated carbocycles. The number of hydrogen-bond acceptors (Lipinski definition) is 5. The van der Waals surface area contributed by atoms with Gasteiger partial charge in [-0.1, -0.05) is 20.8 Å². The maximum atomic E-state index is 12.3. The molecule has 1 aliphatic heterocycles. The number of likely N-dealkylation sites (tertiary alicyclic amines) is 1. The van der Waals surface area contributed by atoms with Crippen molar-refractivity contribution in [2.75, 3.05) is 13.1 Å². The lowest BCUT2D eigenvalue weighted by molar-refractivity contribution is 0.0722. The maximum Gasteiger partial charge on any atom is 0.311 e. The third-order valence-electron chi connectivity index (χ3n) is 4.03. The molecule has 1 aliphatic carbocycles. The fraction of sp³-hybridized carbons (Fsp3) is 0.769. The number of aliphatic hydroxyl groups excluding tert-OH is 1. The topological polar surface area (TPSA) is 79.5 Å². The first-order valence-electron chi connectivity index (χ1n) is 6.63. The van der Waals surface area contributed by atoms with E-state index in [1.807, 2.05) is 20.8 Å². The second-order valence-corrected chi connectivity index (χ2v) is 6.73. The number of β-amino-alcohol motifs (C(OH)–C–C–N with tert-alkyl or cyclic N) is 1. The smallest absolute Gasteiger partial charge is 0.311 e. The Morgan fingerprint density at radius 2 is 2.11 bits per heavy atom. The van der Waals surface area contributed by atoms with Gasteiger partial charge in [-0.3, -0.25) is 4.79 Å². The normalized spacial score (nSPS) is 25.1. The van der Waals surface area contributed by atoms with Crippen LogP contribution in [0.15, 0.2) is 4.42 Å². The van der Waals surface area contributed by atoms with Gasteiger partial charge in [-0.25, -0.2) is 0 Å². The first-order valence-corrected chi connectivity index (χ1v) is 6.63. The van der Waals surface area contributed by atoms with Gasteiger partial charge in [-0.05, 0) is 12.8 Å². The van der Waals surface area contributed by atoms with Crippen LogP contribution in [-0.4, -0.2) is 45.3 Å². The van der Waals surface area contributed by atoms with E-state index in [1.165, 1.54) is 0 Å². The highest BCUT2D eigenvalue weighted by Gasteiger charge is 2.56. The molecule has 1 unspecified atom stereocenters. The number of aliphatic hydroxyl groups is 1. The molecule has 104 valence electrons. The van der Waals surface area contributed by atoms with Crippen LogP contribution in [0, 0.1) is 5.41 Å². The average Bonchev–Trinajstić information content (AvgIpc) is 2.81. The Kier molecular flexibility index (Phi) is 2.51. The molecule has 1 N–H and O–H groups in total. The molecule has 2 fully saturated rings. The number of rotatable bonds is 1. The highest BCUT2D eigenvalue weighted by atomic mass is 16.4. The summed E-state index contributed by atoms with van der Waals surface area (Å²) < 4.78 is 5.45. The van der Waals surface area contributed by atoms with Crippen LogP contribution in [0.25, 0.3) is 0 Å². The van der Waals surface area contributed by atoms with Crippen molar-refractivity contribution in [3.63, 3.8) is 0 Å². The summed E-state index contributed by atoms with van der Waals surface area (Å²) in [4.78, 5) is 13.9. The zero-order valence-electron chi connectivity index (χ0n) is 11.5. The Hall–Kier alpha value is -1.43. The fourth-order valence-electron chi connectivity index (χ4n) is 2.51. The largest absolute Gasteiger partial charge is 0.416 e. The van der Waals surface area contributed by atoms with Crippen molar-refractivity contribution in [2.24, 2.45) is 5.41 Å². The summed E-state index contributed by atoms with van der Waals surface area (Å²) in [6, 6.07) is 0. The van der Waals surface area contributed by atoms with Gasteiger partial charge >= 0.3 is 11.8 Å². The van der Waals surface area contributed by atoms with Crippen LogP contribution in [-0.2, 0) is 5.41 Å². The van der Waals surface area contributed by atoms with E-state index in [9.17, 15) is 9.90 Å². The Morgan fingerprint density at radius 3 is 2.58 bits per heavy atom. The number of carbonyl (C=O) groups excluding carboxylic acids is 1. The van der Waals surface area contributed by atoms with Crippen molar-refractivity contribution >= 4 is 5.91 Å². The lowest BCUT2D eigenvalue weighted by atomic mass is 9.97. The van der Waals surface area contributed by atoms with Crippen molar-refractivity contribution in [3.05, 3.63) is 11.8 Å². The van der Waals surface area contributed by atoms with E-state index in [0.717, 1.165) is 12.8 Å². The van der Waals surface area contributed by atoms with Gasteiger partial charge in [0, 0.05) is 23.9 Å². The number of carbonyl (C=O) groups is 1. The molecule has 1 aromatic heterocycles. The zero-order valence-corrected chi connectivity index (χ0v) is 11.5. The highest BCUT2D eigenvalue weighted by Crippen LogP contribution is 2.52. The summed E-state index contributed by atoms with van der Waals surface area (Å²) >= 11 is 0. The van der Waals surface area contributed by atoms with Gasteiger partial charge in [0.1, 0.15) is 0 Å². The van der Waals surface area contributed by atoms with E-state index >= 15 is 0 Å². The van der Waals surface area contributed by atoms with E-state index < -0.39 is 6.10 Å². The molecule has 0 radical (unpaired) electrons. The van der Waals surface area contributed by atoms with Gasteiger partial charge in [-0.2, -0.15) is 0 Å².